The monoisotopic (exact) mass is 550 g/mol. The zero-order chi connectivity index (χ0) is 28.1. The van der Waals surface area contributed by atoms with E-state index in [4.69, 9.17) is 5.73 Å². The molecule has 0 aliphatic heterocycles. The molecule has 0 aliphatic rings. The maximum Gasteiger partial charge on any atom is 0.433 e. The number of hydrogen-bond acceptors (Lipinski definition) is 8. The Morgan fingerprint density at radius 3 is 2.45 bits per heavy atom. The number of thiophene rings is 1. The normalized spacial score (nSPS) is 12.6. The summed E-state index contributed by atoms with van der Waals surface area (Å²) in [6.07, 6.45) is -3.26. The third-order valence-electron chi connectivity index (χ3n) is 6.03. The van der Waals surface area contributed by atoms with Crippen molar-refractivity contribution in [2.24, 2.45) is 12.8 Å². The fourth-order valence-corrected chi connectivity index (χ4v) is 5.07. The lowest BCUT2D eigenvalue weighted by atomic mass is 10.0. The van der Waals surface area contributed by atoms with Crippen LogP contribution in [0.3, 0.4) is 0 Å². The lowest BCUT2D eigenvalue weighted by Crippen LogP contribution is -2.28. The Balaban J connectivity index is 1.93. The van der Waals surface area contributed by atoms with Gasteiger partial charge in [0, 0.05) is 23.7 Å². The van der Waals surface area contributed by atoms with Gasteiger partial charge in [0.25, 0.3) is 11.8 Å². The minimum absolute atomic E-state index is 0.0472. The Morgan fingerprint density at radius 1 is 1.26 bits per heavy atom. The second-order valence-corrected chi connectivity index (χ2v) is 9.43. The minimum atomic E-state index is -4.79. The summed E-state index contributed by atoms with van der Waals surface area (Å²) in [6, 6.07) is 0.999. The highest BCUT2D eigenvalue weighted by Crippen LogP contribution is 2.44. The molecule has 0 spiro atoms. The van der Waals surface area contributed by atoms with Crippen molar-refractivity contribution in [3.63, 3.8) is 0 Å². The van der Waals surface area contributed by atoms with Gasteiger partial charge >= 0.3 is 12.0 Å². The van der Waals surface area contributed by atoms with Gasteiger partial charge in [0.1, 0.15) is 15.4 Å². The molecule has 12 nitrogen and oxygen atoms in total. The smallest absolute Gasteiger partial charge is 0.365 e. The van der Waals surface area contributed by atoms with Crippen molar-refractivity contribution < 1.29 is 27.7 Å². The van der Waals surface area contributed by atoms with Crippen LogP contribution in [-0.4, -0.2) is 41.3 Å². The van der Waals surface area contributed by atoms with Crippen LogP contribution >= 0.6 is 11.3 Å². The molecule has 0 radical (unpaired) electrons. The molecule has 4 aromatic heterocycles. The highest BCUT2D eigenvalue weighted by Gasteiger charge is 2.36. The summed E-state index contributed by atoms with van der Waals surface area (Å²) in [6.45, 7) is 4.85. The zero-order valence-corrected chi connectivity index (χ0v) is 21.3. The molecule has 2 amide bonds. The first-order valence-corrected chi connectivity index (χ1v) is 11.9. The van der Waals surface area contributed by atoms with E-state index in [0.29, 0.717) is 28.3 Å². The number of nitrogens with one attached hydrogen (secondary N) is 1. The van der Waals surface area contributed by atoms with Crippen LogP contribution in [0.5, 0.6) is 0 Å². The van der Waals surface area contributed by atoms with Crippen LogP contribution in [0.4, 0.5) is 24.7 Å². The largest absolute Gasteiger partial charge is 0.433 e. The number of carbonyl (C=O) groups is 2. The molecular formula is C22H21F3N8O4S. The minimum Gasteiger partial charge on any atom is -0.365 e. The van der Waals surface area contributed by atoms with Gasteiger partial charge < -0.3 is 21.2 Å². The molecule has 0 fully saturated rings. The number of rotatable bonds is 7. The summed E-state index contributed by atoms with van der Waals surface area (Å²) in [4.78, 5) is 39.6. The van der Waals surface area contributed by atoms with Crippen LogP contribution in [0.15, 0.2) is 18.3 Å². The number of anilines is 1. The Bertz CT molecular complexity index is 1600. The number of halogens is 3. The number of primary amides is 1. The van der Waals surface area contributed by atoms with E-state index >= 15 is 0 Å². The van der Waals surface area contributed by atoms with Crippen LogP contribution in [0.25, 0.3) is 21.3 Å². The molecule has 0 bridgehead atoms. The van der Waals surface area contributed by atoms with Crippen LogP contribution in [0.2, 0.25) is 0 Å². The van der Waals surface area contributed by atoms with E-state index in [9.17, 15) is 32.9 Å². The van der Waals surface area contributed by atoms with Crippen LogP contribution in [0, 0.1) is 24.0 Å². The molecule has 1 unspecified atom stereocenters. The average Bonchev–Trinajstić information content (AvgIpc) is 3.49. The number of aryl methyl sites for hydroxylation is 2. The Labute approximate surface area is 216 Å². The molecule has 16 heteroatoms. The first-order chi connectivity index (χ1) is 17.7. The number of fused-ring (bicyclic) bond motifs is 1. The predicted octanol–water partition coefficient (Wildman–Crippen LogP) is 4.13. The molecule has 4 heterocycles. The topological polar surface area (TPSA) is 164 Å². The number of hydrogen-bond donors (Lipinski definition) is 2. The second-order valence-electron chi connectivity index (χ2n) is 8.43. The molecule has 0 aromatic carbocycles. The number of nitro groups is 1. The predicted molar refractivity (Wildman–Crippen MR) is 132 cm³/mol. The maximum absolute atomic E-state index is 13.7. The van der Waals surface area contributed by atoms with E-state index < -0.39 is 40.5 Å². The molecule has 3 N–H and O–H groups in total. The lowest BCUT2D eigenvalue weighted by Gasteiger charge is -2.16. The number of amides is 2. The van der Waals surface area contributed by atoms with Gasteiger partial charge in [0.15, 0.2) is 6.04 Å². The van der Waals surface area contributed by atoms with Crippen molar-refractivity contribution in [2.45, 2.75) is 39.4 Å². The molecular weight excluding hydrogens is 529 g/mol. The first kappa shape index (κ1) is 26.7. The van der Waals surface area contributed by atoms with Gasteiger partial charge in [-0.25, -0.2) is 4.98 Å². The maximum atomic E-state index is 13.7. The van der Waals surface area contributed by atoms with Crippen molar-refractivity contribution in [3.8, 4) is 11.1 Å². The van der Waals surface area contributed by atoms with Gasteiger partial charge in [-0.3, -0.25) is 14.3 Å². The molecule has 38 heavy (non-hydrogen) atoms. The lowest BCUT2D eigenvalue weighted by molar-refractivity contribution is -0.389. The van der Waals surface area contributed by atoms with Gasteiger partial charge in [-0.05, 0) is 36.8 Å². The van der Waals surface area contributed by atoms with E-state index in [1.165, 1.54) is 28.6 Å². The second kappa shape index (κ2) is 9.51. The number of alkyl halides is 3. The van der Waals surface area contributed by atoms with Gasteiger partial charge in [0.05, 0.1) is 28.7 Å². The third-order valence-corrected chi connectivity index (χ3v) is 7.13. The molecule has 1 atom stereocenters. The average molecular weight is 551 g/mol. The number of pyridine rings is 1. The first-order valence-electron chi connectivity index (χ1n) is 11.1. The Morgan fingerprint density at radius 2 is 1.95 bits per heavy atom. The van der Waals surface area contributed by atoms with Gasteiger partial charge in [-0.15, -0.1) is 11.3 Å². The van der Waals surface area contributed by atoms with Crippen molar-refractivity contribution in [3.05, 3.63) is 50.4 Å². The molecule has 0 aliphatic carbocycles. The fourth-order valence-electron chi connectivity index (χ4n) is 4.06. The summed E-state index contributed by atoms with van der Waals surface area (Å²) in [7, 11) is 1.62. The summed E-state index contributed by atoms with van der Waals surface area (Å²) in [5.74, 6) is -2.14. The van der Waals surface area contributed by atoms with Gasteiger partial charge in [-0.1, -0.05) is 6.92 Å². The fraction of sp³-hybridized carbons (Fsp3) is 0.318. The van der Waals surface area contributed by atoms with E-state index in [0.717, 1.165) is 6.07 Å². The van der Waals surface area contributed by atoms with Crippen molar-refractivity contribution in [1.82, 2.24) is 24.5 Å². The van der Waals surface area contributed by atoms with Crippen molar-refractivity contribution >= 4 is 44.9 Å². The number of nitrogens with zero attached hydrogens (tertiary/aromatic N) is 6. The van der Waals surface area contributed by atoms with Crippen molar-refractivity contribution in [1.29, 1.82) is 0 Å². The van der Waals surface area contributed by atoms with E-state index in [1.807, 2.05) is 0 Å². The van der Waals surface area contributed by atoms with E-state index in [2.05, 4.69) is 20.5 Å². The summed E-state index contributed by atoms with van der Waals surface area (Å²) in [5.41, 5.74) is 5.49. The van der Waals surface area contributed by atoms with Gasteiger partial charge in [0.2, 0.25) is 0 Å². The van der Waals surface area contributed by atoms with Crippen LogP contribution < -0.4 is 11.1 Å². The Kier molecular flexibility index (Phi) is 6.69. The van der Waals surface area contributed by atoms with E-state index in [1.54, 1.807) is 20.9 Å². The Hall–Kier alpha value is -4.34. The number of carbonyl (C=O) groups excluding carboxylic acids is 2. The highest BCUT2D eigenvalue weighted by molar-refractivity contribution is 7.21. The highest BCUT2D eigenvalue weighted by atomic mass is 32.1. The number of aromatic nitrogens is 5. The zero-order valence-electron chi connectivity index (χ0n) is 20.5. The SMILES string of the molecule is CCC(C(=O)Nc1c(C(N)=O)sc2nc(C(F)(F)F)cc(-c3cnn(C)c3C)c12)n1nc([N+](=O)[O-])cc1C. The van der Waals surface area contributed by atoms with Crippen LogP contribution in [0.1, 0.15) is 46.1 Å². The molecule has 4 aromatic rings. The summed E-state index contributed by atoms with van der Waals surface area (Å²) < 4.78 is 43.8. The van der Waals surface area contributed by atoms with Crippen LogP contribution in [-0.2, 0) is 18.0 Å². The molecule has 200 valence electrons. The number of nitrogens with two attached hydrogens (primary N) is 1. The summed E-state index contributed by atoms with van der Waals surface area (Å²) in [5, 5.41) is 21.8. The van der Waals surface area contributed by atoms with Crippen molar-refractivity contribution in [2.75, 3.05) is 5.32 Å². The molecule has 0 saturated heterocycles. The van der Waals surface area contributed by atoms with E-state index in [-0.39, 0.29) is 32.8 Å². The summed E-state index contributed by atoms with van der Waals surface area (Å²) >= 11 is 0.613. The quantitative estimate of drug-likeness (QED) is 0.258. The third kappa shape index (κ3) is 4.57. The molecule has 4 rings (SSSR count). The van der Waals surface area contributed by atoms with Gasteiger partial charge in [-0.2, -0.15) is 23.0 Å². The standard InChI is InChI=1S/C22H21F3N8O4S/c1-5-13(32-9(2)6-15(30-32)33(36)37)20(35)29-17-16-11(12-8-27-31(4)10(12)3)7-14(22(23,24)25)28-21(16)38-18(17)19(26)34/h6-8,13H,5H2,1-4H3,(H2,26,34)(H,29,35). The molecule has 0 saturated carbocycles.